The largest absolute Gasteiger partial charge is 0.509 e. The van der Waals surface area contributed by atoms with E-state index in [0.29, 0.717) is 0 Å². The molecular weight excluding hydrogens is 328 g/mol. The quantitative estimate of drug-likeness (QED) is 0.389. The lowest BCUT2D eigenvalue weighted by molar-refractivity contribution is -0.155. The van der Waals surface area contributed by atoms with Gasteiger partial charge < -0.3 is 28.4 Å². The second kappa shape index (κ2) is 7.54. The first-order valence-corrected chi connectivity index (χ1v) is 6.94. The fourth-order valence-electron chi connectivity index (χ4n) is 1.68. The van der Waals surface area contributed by atoms with Gasteiger partial charge in [-0.2, -0.15) is 0 Å². The highest BCUT2D eigenvalue weighted by Gasteiger charge is 2.34. The van der Waals surface area contributed by atoms with Crippen LogP contribution >= 0.6 is 0 Å². The average Bonchev–Trinajstić information content (AvgIpc) is 3.14. The summed E-state index contributed by atoms with van der Waals surface area (Å²) in [7, 11) is 0. The molecule has 2 rings (SSSR count). The molecule has 2 aliphatic rings. The normalized spacial score (nSPS) is 24.2. The van der Waals surface area contributed by atoms with Crippen LogP contribution in [-0.2, 0) is 38.0 Å². The maximum absolute atomic E-state index is 11.6. The van der Waals surface area contributed by atoms with E-state index in [1.807, 2.05) is 0 Å². The van der Waals surface area contributed by atoms with Crippen LogP contribution in [0.25, 0.3) is 0 Å². The van der Waals surface area contributed by atoms with E-state index in [1.165, 1.54) is 13.8 Å². The Bertz CT molecular complexity index is 550. The number of hydrogen-bond acceptors (Lipinski definition) is 10. The molecule has 0 amide bonds. The van der Waals surface area contributed by atoms with E-state index in [0.717, 1.165) is 0 Å². The lowest BCUT2D eigenvalue weighted by Crippen LogP contribution is -2.29. The summed E-state index contributed by atoms with van der Waals surface area (Å²) < 4.78 is 28.0. The van der Waals surface area contributed by atoms with Crippen LogP contribution in [0, 0.1) is 11.8 Å². The van der Waals surface area contributed by atoms with E-state index in [9.17, 15) is 19.2 Å². The summed E-state index contributed by atoms with van der Waals surface area (Å²) >= 11 is 0. The molecule has 0 bridgehead atoms. The maximum atomic E-state index is 11.6. The SMILES string of the molecule is CC(C#CC(C)OC(=O)C1COC(=O)O1)OC(=O)C1COC(=O)O1. The molecule has 0 aromatic carbocycles. The van der Waals surface area contributed by atoms with Gasteiger partial charge in [0, 0.05) is 0 Å². The van der Waals surface area contributed by atoms with Crippen molar-refractivity contribution in [2.45, 2.75) is 38.3 Å². The van der Waals surface area contributed by atoms with Crippen molar-refractivity contribution in [3.63, 3.8) is 0 Å². The third-order valence-electron chi connectivity index (χ3n) is 2.78. The minimum atomic E-state index is -1.12. The molecule has 10 nitrogen and oxygen atoms in total. The smallest absolute Gasteiger partial charge is 0.447 e. The summed E-state index contributed by atoms with van der Waals surface area (Å²) in [4.78, 5) is 44.7. The zero-order chi connectivity index (χ0) is 17.7. The van der Waals surface area contributed by atoms with E-state index < -0.39 is 48.7 Å². The molecule has 0 saturated carbocycles. The molecule has 2 aliphatic heterocycles. The topological polar surface area (TPSA) is 124 Å². The van der Waals surface area contributed by atoms with Gasteiger partial charge in [-0.15, -0.1) is 0 Å². The third kappa shape index (κ3) is 4.77. The first-order chi connectivity index (χ1) is 11.3. The monoisotopic (exact) mass is 342 g/mol. The van der Waals surface area contributed by atoms with E-state index in [-0.39, 0.29) is 13.2 Å². The average molecular weight is 342 g/mol. The Hall–Kier alpha value is -2.96. The Kier molecular flexibility index (Phi) is 5.47. The van der Waals surface area contributed by atoms with E-state index >= 15 is 0 Å². The lowest BCUT2D eigenvalue weighted by Gasteiger charge is -2.11. The number of carbonyl (C=O) groups excluding carboxylic acids is 4. The van der Waals surface area contributed by atoms with E-state index in [2.05, 4.69) is 30.8 Å². The third-order valence-corrected chi connectivity index (χ3v) is 2.78. The highest BCUT2D eigenvalue weighted by Crippen LogP contribution is 2.10. The second-order valence-corrected chi connectivity index (χ2v) is 4.78. The molecule has 0 aliphatic carbocycles. The molecule has 2 heterocycles. The summed E-state index contributed by atoms with van der Waals surface area (Å²) in [6, 6.07) is 0. The summed E-state index contributed by atoms with van der Waals surface area (Å²) in [6.07, 6.45) is -5.76. The van der Waals surface area contributed by atoms with Gasteiger partial charge in [-0.3, -0.25) is 0 Å². The van der Waals surface area contributed by atoms with Gasteiger partial charge in [-0.05, 0) is 13.8 Å². The lowest BCUT2D eigenvalue weighted by atomic mass is 10.3. The van der Waals surface area contributed by atoms with Gasteiger partial charge >= 0.3 is 24.2 Å². The van der Waals surface area contributed by atoms with Crippen molar-refractivity contribution in [3.05, 3.63) is 0 Å². The van der Waals surface area contributed by atoms with Crippen LogP contribution in [0.3, 0.4) is 0 Å². The van der Waals surface area contributed by atoms with Crippen molar-refractivity contribution in [1.29, 1.82) is 0 Å². The summed E-state index contributed by atoms with van der Waals surface area (Å²) in [6.45, 7) is 2.55. The zero-order valence-electron chi connectivity index (χ0n) is 12.8. The van der Waals surface area contributed by atoms with Crippen LogP contribution in [0.4, 0.5) is 9.59 Å². The molecular formula is C14H14O10. The maximum Gasteiger partial charge on any atom is 0.509 e. The Balaban J connectivity index is 1.76. The molecule has 2 saturated heterocycles. The van der Waals surface area contributed by atoms with Crippen LogP contribution in [-0.4, -0.2) is 61.9 Å². The number of rotatable bonds is 4. The molecule has 24 heavy (non-hydrogen) atoms. The van der Waals surface area contributed by atoms with Crippen LogP contribution in [0.5, 0.6) is 0 Å². The molecule has 4 unspecified atom stereocenters. The molecule has 0 aromatic heterocycles. The fraction of sp³-hybridized carbons (Fsp3) is 0.571. The second-order valence-electron chi connectivity index (χ2n) is 4.78. The minimum Gasteiger partial charge on any atom is -0.447 e. The first-order valence-electron chi connectivity index (χ1n) is 6.94. The van der Waals surface area contributed by atoms with Gasteiger partial charge in [0.2, 0.25) is 12.2 Å². The minimum absolute atomic E-state index is 0.214. The fourth-order valence-corrected chi connectivity index (χ4v) is 1.68. The molecule has 130 valence electrons. The van der Waals surface area contributed by atoms with Gasteiger partial charge in [-0.25, -0.2) is 19.2 Å². The molecule has 0 radical (unpaired) electrons. The molecule has 0 aromatic rings. The molecule has 4 atom stereocenters. The Morgan fingerprint density at radius 3 is 1.58 bits per heavy atom. The van der Waals surface area contributed by atoms with Gasteiger partial charge in [0.25, 0.3) is 0 Å². The summed E-state index contributed by atoms with van der Waals surface area (Å²) in [5.41, 5.74) is 0. The number of cyclic esters (lactones) is 4. The van der Waals surface area contributed by atoms with Gasteiger partial charge in [-0.1, -0.05) is 11.8 Å². The number of hydrogen-bond donors (Lipinski definition) is 0. The molecule has 10 heteroatoms. The van der Waals surface area contributed by atoms with Gasteiger partial charge in [0.1, 0.15) is 13.2 Å². The van der Waals surface area contributed by atoms with Crippen LogP contribution in [0.1, 0.15) is 13.8 Å². The first kappa shape index (κ1) is 17.4. The number of ether oxygens (including phenoxy) is 6. The Morgan fingerprint density at radius 1 is 0.917 bits per heavy atom. The van der Waals surface area contributed by atoms with Crippen LogP contribution in [0.2, 0.25) is 0 Å². The standard InChI is InChI=1S/C14H14O10/c1-7(21-11(15)9-5-19-13(17)23-9)3-4-8(2)22-12(16)10-6-20-14(18)24-10/h7-10H,5-6H2,1-2H3. The van der Waals surface area contributed by atoms with Crippen molar-refractivity contribution in [2.24, 2.45) is 0 Å². The van der Waals surface area contributed by atoms with E-state index in [1.54, 1.807) is 0 Å². The predicted molar refractivity (Wildman–Crippen MR) is 71.3 cm³/mol. The van der Waals surface area contributed by atoms with Crippen LogP contribution < -0.4 is 0 Å². The van der Waals surface area contributed by atoms with Crippen LogP contribution in [0.15, 0.2) is 0 Å². The van der Waals surface area contributed by atoms with Gasteiger partial charge in [0.05, 0.1) is 0 Å². The zero-order valence-corrected chi connectivity index (χ0v) is 12.8. The Morgan fingerprint density at radius 2 is 1.29 bits per heavy atom. The molecule has 0 N–H and O–H groups in total. The Labute approximate surface area is 136 Å². The predicted octanol–water partition coefficient (Wildman–Crippen LogP) is -0.0760. The number of esters is 2. The van der Waals surface area contributed by atoms with Crippen molar-refractivity contribution < 1.29 is 47.6 Å². The van der Waals surface area contributed by atoms with Crippen molar-refractivity contribution >= 4 is 24.2 Å². The van der Waals surface area contributed by atoms with E-state index in [4.69, 9.17) is 9.47 Å². The van der Waals surface area contributed by atoms with Crippen molar-refractivity contribution in [3.8, 4) is 11.8 Å². The summed E-state index contributed by atoms with van der Waals surface area (Å²) in [5.74, 6) is 3.55. The number of carbonyl (C=O) groups is 4. The highest BCUT2D eigenvalue weighted by molar-refractivity contribution is 5.80. The highest BCUT2D eigenvalue weighted by atomic mass is 16.8. The van der Waals surface area contributed by atoms with Gasteiger partial charge in [0.15, 0.2) is 12.2 Å². The molecule has 2 fully saturated rings. The van der Waals surface area contributed by atoms with Crippen molar-refractivity contribution in [2.75, 3.05) is 13.2 Å². The molecule has 0 spiro atoms. The van der Waals surface area contributed by atoms with Crippen molar-refractivity contribution in [1.82, 2.24) is 0 Å². The summed E-state index contributed by atoms with van der Waals surface area (Å²) in [5, 5.41) is 0.